The Morgan fingerprint density at radius 3 is 1.63 bits per heavy atom. The molecule has 0 unspecified atom stereocenters. The summed E-state index contributed by atoms with van der Waals surface area (Å²) < 4.78 is 5.23. The molecule has 2 saturated carbocycles. The molecule has 5 N–H and O–H groups in total. The van der Waals surface area contributed by atoms with Crippen LogP contribution in [0.5, 0.6) is 5.75 Å². The molecule has 0 bridgehead atoms. The molecule has 2 aliphatic carbocycles. The molecular formula is C39H43Cl2N7O3. The zero-order valence-electron chi connectivity index (χ0n) is 28.5. The van der Waals surface area contributed by atoms with E-state index in [1.54, 1.807) is 19.2 Å². The molecule has 0 saturated heterocycles. The molecule has 10 nitrogen and oxygen atoms in total. The first-order valence-electron chi connectivity index (χ1n) is 17.4. The van der Waals surface area contributed by atoms with Crippen LogP contribution in [0.25, 0.3) is 22.5 Å². The summed E-state index contributed by atoms with van der Waals surface area (Å²) in [6.45, 7) is 0. The molecule has 5 aromatic rings. The number of hydrogen-bond donors (Lipinski definition) is 5. The number of rotatable bonds is 9. The largest absolute Gasteiger partial charge is 0.495 e. The lowest BCUT2D eigenvalue weighted by atomic mass is 9.93. The highest BCUT2D eigenvalue weighted by Gasteiger charge is 2.21. The Kier molecular flexibility index (Phi) is 12.6. The Morgan fingerprint density at radius 1 is 0.608 bits per heavy atom. The number of nitrogens with one attached hydrogen (secondary N) is 3. The van der Waals surface area contributed by atoms with Crippen LogP contribution in [0, 0.1) is 0 Å². The molecule has 2 aliphatic rings. The van der Waals surface area contributed by atoms with Gasteiger partial charge in [-0.15, -0.1) is 0 Å². The van der Waals surface area contributed by atoms with Crippen molar-refractivity contribution in [2.75, 3.05) is 23.1 Å². The van der Waals surface area contributed by atoms with Crippen molar-refractivity contribution < 1.29 is 14.9 Å². The van der Waals surface area contributed by atoms with Crippen molar-refractivity contribution in [3.63, 3.8) is 0 Å². The minimum atomic E-state index is -0.198. The van der Waals surface area contributed by atoms with Gasteiger partial charge in [0.2, 0.25) is 11.9 Å². The van der Waals surface area contributed by atoms with Crippen molar-refractivity contribution in [3.05, 3.63) is 101 Å². The van der Waals surface area contributed by atoms with Crippen LogP contribution in [0.15, 0.2) is 91.0 Å². The summed E-state index contributed by atoms with van der Waals surface area (Å²) in [5, 5.41) is 30.4. The Hall–Kier alpha value is -4.48. The summed E-state index contributed by atoms with van der Waals surface area (Å²) >= 11 is 12.4. The van der Waals surface area contributed by atoms with Crippen LogP contribution in [0.4, 0.5) is 23.4 Å². The topological polar surface area (TPSA) is 137 Å². The molecule has 266 valence electrons. The normalized spacial score (nSPS) is 20.0. The number of nitrogens with zero attached hydrogens (tertiary/aromatic N) is 4. The molecule has 3 aromatic carbocycles. The fraction of sp³-hybridized carbons (Fsp3) is 0.333. The standard InChI is InChI=1S/C23H25ClN4O2.C16H18ClN3O/c1-30-21-12-9-17(13-19(21)24)25-22-14-20(15-5-3-2-4-6-15)27-23(28-22)26-16-7-10-18(29)11-8-16;17-15-10-14(11-4-2-1-3-5-11)19-16(20-15)18-12-6-8-13(21)9-7-12/h2-6,9,12-14,16,18,29H,7-8,10-11H2,1H3,(H2,25,26,27,28);1-5,10,12-13,21H,6-9H2,(H,18,19,20). The summed E-state index contributed by atoms with van der Waals surface area (Å²) in [5.74, 6) is 2.42. The fourth-order valence-corrected chi connectivity index (χ4v) is 6.71. The van der Waals surface area contributed by atoms with E-state index in [0.717, 1.165) is 79.6 Å². The van der Waals surface area contributed by atoms with E-state index in [2.05, 4.69) is 30.9 Å². The zero-order valence-corrected chi connectivity index (χ0v) is 30.0. The van der Waals surface area contributed by atoms with Gasteiger partial charge in [0.25, 0.3) is 0 Å². The molecule has 0 aliphatic heterocycles. The lowest BCUT2D eigenvalue weighted by Gasteiger charge is -2.26. The first-order valence-corrected chi connectivity index (χ1v) is 18.1. The van der Waals surface area contributed by atoms with E-state index < -0.39 is 0 Å². The smallest absolute Gasteiger partial charge is 0.225 e. The van der Waals surface area contributed by atoms with Crippen molar-refractivity contribution in [3.8, 4) is 28.3 Å². The zero-order chi connectivity index (χ0) is 35.6. The van der Waals surface area contributed by atoms with E-state index in [4.69, 9.17) is 32.9 Å². The van der Waals surface area contributed by atoms with Gasteiger partial charge in [-0.3, -0.25) is 0 Å². The maximum Gasteiger partial charge on any atom is 0.225 e. The van der Waals surface area contributed by atoms with Gasteiger partial charge < -0.3 is 30.9 Å². The van der Waals surface area contributed by atoms with Gasteiger partial charge in [0.1, 0.15) is 16.7 Å². The summed E-state index contributed by atoms with van der Waals surface area (Å²) in [6, 6.07) is 29.7. The van der Waals surface area contributed by atoms with Crippen LogP contribution in [-0.2, 0) is 0 Å². The predicted molar refractivity (Wildman–Crippen MR) is 205 cm³/mol. The van der Waals surface area contributed by atoms with Gasteiger partial charge >= 0.3 is 0 Å². The summed E-state index contributed by atoms with van der Waals surface area (Å²) in [4.78, 5) is 18.2. The second-order valence-corrected chi connectivity index (χ2v) is 13.7. The van der Waals surface area contributed by atoms with Crippen molar-refractivity contribution in [1.82, 2.24) is 19.9 Å². The number of aliphatic hydroxyl groups is 2. The third-order valence-electron chi connectivity index (χ3n) is 9.04. The van der Waals surface area contributed by atoms with Crippen LogP contribution in [0.2, 0.25) is 10.2 Å². The Bertz CT molecular complexity index is 1850. The molecule has 0 atom stereocenters. The molecule has 0 radical (unpaired) electrons. The molecule has 2 heterocycles. The van der Waals surface area contributed by atoms with Crippen molar-refractivity contribution in [1.29, 1.82) is 0 Å². The van der Waals surface area contributed by atoms with Crippen molar-refractivity contribution in [2.24, 2.45) is 0 Å². The number of ether oxygens (including phenoxy) is 1. The van der Waals surface area contributed by atoms with Gasteiger partial charge in [-0.2, -0.15) is 4.98 Å². The second-order valence-electron chi connectivity index (χ2n) is 12.9. The fourth-order valence-electron chi connectivity index (χ4n) is 6.27. The summed E-state index contributed by atoms with van der Waals surface area (Å²) in [6.07, 6.45) is 6.54. The Labute approximate surface area is 308 Å². The van der Waals surface area contributed by atoms with Gasteiger partial charge in [0.15, 0.2) is 0 Å². The van der Waals surface area contributed by atoms with Crippen molar-refractivity contribution in [2.45, 2.75) is 75.7 Å². The van der Waals surface area contributed by atoms with E-state index in [9.17, 15) is 10.2 Å². The predicted octanol–water partition coefficient (Wildman–Crippen LogP) is 8.78. The highest BCUT2D eigenvalue weighted by atomic mass is 35.5. The van der Waals surface area contributed by atoms with Gasteiger partial charge in [0.05, 0.1) is 35.7 Å². The third-order valence-corrected chi connectivity index (χ3v) is 9.53. The van der Waals surface area contributed by atoms with Crippen LogP contribution in [0.1, 0.15) is 51.4 Å². The number of hydrogen-bond acceptors (Lipinski definition) is 10. The van der Waals surface area contributed by atoms with Gasteiger partial charge in [0, 0.05) is 41.0 Å². The van der Waals surface area contributed by atoms with E-state index in [1.165, 1.54) is 0 Å². The number of methoxy groups -OCH3 is 1. The molecule has 0 amide bonds. The quantitative estimate of drug-likeness (QED) is 0.0937. The van der Waals surface area contributed by atoms with E-state index in [-0.39, 0.29) is 18.2 Å². The number of anilines is 4. The molecule has 2 fully saturated rings. The second kappa shape index (κ2) is 17.6. The monoisotopic (exact) mass is 727 g/mol. The minimum absolute atomic E-state index is 0.164. The highest BCUT2D eigenvalue weighted by molar-refractivity contribution is 6.32. The lowest BCUT2D eigenvalue weighted by molar-refractivity contribution is 0.125. The summed E-state index contributed by atoms with van der Waals surface area (Å²) in [5.41, 5.74) is 4.48. The minimum Gasteiger partial charge on any atom is -0.495 e. The van der Waals surface area contributed by atoms with Crippen LogP contribution in [0.3, 0.4) is 0 Å². The molecule has 12 heteroatoms. The SMILES string of the molecule is COc1ccc(Nc2cc(-c3ccccc3)nc(NC3CCC(O)CC3)n2)cc1Cl.OC1CCC(Nc2nc(Cl)cc(-c3ccccc3)n2)CC1. The highest BCUT2D eigenvalue weighted by Crippen LogP contribution is 2.31. The van der Waals surface area contributed by atoms with E-state index >= 15 is 0 Å². The first kappa shape index (κ1) is 36.3. The average molecular weight is 729 g/mol. The first-order chi connectivity index (χ1) is 24.8. The number of halogens is 2. The number of aromatic nitrogens is 4. The van der Waals surface area contributed by atoms with E-state index in [1.807, 2.05) is 78.9 Å². The third kappa shape index (κ3) is 10.5. The number of benzene rings is 3. The average Bonchev–Trinajstić information content (AvgIpc) is 3.14. The van der Waals surface area contributed by atoms with Crippen LogP contribution >= 0.6 is 23.2 Å². The maximum absolute atomic E-state index is 9.77. The molecule has 0 spiro atoms. The maximum atomic E-state index is 9.77. The van der Waals surface area contributed by atoms with Gasteiger partial charge in [-0.25, -0.2) is 15.0 Å². The molecule has 51 heavy (non-hydrogen) atoms. The molecular weight excluding hydrogens is 685 g/mol. The van der Waals surface area contributed by atoms with Crippen LogP contribution < -0.4 is 20.7 Å². The van der Waals surface area contributed by atoms with Gasteiger partial charge in [-0.05, 0) is 69.6 Å². The molecule has 2 aromatic heterocycles. The van der Waals surface area contributed by atoms with Gasteiger partial charge in [-0.1, -0.05) is 83.9 Å². The lowest BCUT2D eigenvalue weighted by Crippen LogP contribution is -2.29. The number of aliphatic hydroxyl groups excluding tert-OH is 2. The van der Waals surface area contributed by atoms with Crippen LogP contribution in [-0.4, -0.2) is 61.6 Å². The molecule has 7 rings (SSSR count). The summed E-state index contributed by atoms with van der Waals surface area (Å²) in [7, 11) is 1.59. The van der Waals surface area contributed by atoms with Crippen molar-refractivity contribution >= 4 is 46.6 Å². The Morgan fingerprint density at radius 2 is 1.12 bits per heavy atom. The van der Waals surface area contributed by atoms with E-state index in [0.29, 0.717) is 39.7 Å². The Balaban J connectivity index is 0.000000187.